The Kier molecular flexibility index (Phi) is 5.83. The lowest BCUT2D eigenvalue weighted by atomic mass is 9.90. The second-order valence-corrected chi connectivity index (χ2v) is 8.52. The van der Waals surface area contributed by atoms with Crippen LogP contribution in [0.2, 0.25) is 0 Å². The molecule has 0 radical (unpaired) electrons. The number of Topliss-reactive ketones (excluding diaryl/α,β-unsaturated/α-hetero) is 1. The number of rotatable bonds is 5. The van der Waals surface area contributed by atoms with Gasteiger partial charge in [-0.15, -0.1) is 0 Å². The van der Waals surface area contributed by atoms with Gasteiger partial charge in [-0.05, 0) is 51.7 Å². The van der Waals surface area contributed by atoms with E-state index in [1.165, 1.54) is 5.56 Å². The highest BCUT2D eigenvalue weighted by Crippen LogP contribution is 2.22. The number of nitrogens with zero attached hydrogens (tertiary/aromatic N) is 2. The van der Waals surface area contributed by atoms with Crippen LogP contribution in [0.1, 0.15) is 56.0 Å². The Morgan fingerprint density at radius 1 is 1.11 bits per heavy atom. The molecule has 1 aliphatic rings. The first kappa shape index (κ1) is 19.4. The molecule has 0 unspecified atom stereocenters. The van der Waals surface area contributed by atoms with Crippen LogP contribution in [-0.4, -0.2) is 34.2 Å². The molecule has 1 amide bonds. The van der Waals surface area contributed by atoms with E-state index in [1.807, 2.05) is 41.6 Å². The van der Waals surface area contributed by atoms with E-state index in [0.29, 0.717) is 18.5 Å². The molecule has 0 N–H and O–H groups in total. The molecule has 4 heteroatoms. The van der Waals surface area contributed by atoms with Crippen molar-refractivity contribution < 1.29 is 9.59 Å². The lowest BCUT2D eigenvalue weighted by molar-refractivity contribution is -0.124. The first-order valence-corrected chi connectivity index (χ1v) is 9.89. The van der Waals surface area contributed by atoms with E-state index in [9.17, 15) is 9.59 Å². The first-order valence-electron chi connectivity index (χ1n) is 9.89. The lowest BCUT2D eigenvalue weighted by Gasteiger charge is -2.32. The van der Waals surface area contributed by atoms with Gasteiger partial charge in [-0.3, -0.25) is 9.59 Å². The van der Waals surface area contributed by atoms with Crippen LogP contribution in [0.4, 0.5) is 0 Å². The van der Waals surface area contributed by atoms with Gasteiger partial charge in [0, 0.05) is 43.4 Å². The lowest BCUT2D eigenvalue weighted by Crippen LogP contribution is -2.42. The first-order chi connectivity index (χ1) is 12.8. The van der Waals surface area contributed by atoms with Gasteiger partial charge in [0.2, 0.25) is 0 Å². The molecule has 0 saturated carbocycles. The standard InChI is InChI=1S/C23H30N2O2/c1-23(2,3)25-15-13-20(17-25)22(27)24-14-7-10-19(16-24)21(26)12-11-18-8-5-4-6-9-18/h4-6,8-9,13,15,17,19H,7,10-12,14,16H2,1-3H3/t19-/m0/s1. The molecule has 2 aromatic rings. The van der Waals surface area contributed by atoms with Gasteiger partial charge in [0.15, 0.2) is 0 Å². The molecule has 1 aliphatic heterocycles. The average molecular weight is 367 g/mol. The van der Waals surface area contributed by atoms with Crippen LogP contribution in [0.15, 0.2) is 48.8 Å². The minimum Gasteiger partial charge on any atom is -0.348 e. The van der Waals surface area contributed by atoms with Crippen molar-refractivity contribution in [1.29, 1.82) is 0 Å². The smallest absolute Gasteiger partial charge is 0.255 e. The fourth-order valence-electron chi connectivity index (χ4n) is 3.66. The molecule has 0 spiro atoms. The number of likely N-dealkylation sites (tertiary alicyclic amines) is 1. The van der Waals surface area contributed by atoms with Gasteiger partial charge in [0.25, 0.3) is 5.91 Å². The van der Waals surface area contributed by atoms with Crippen molar-refractivity contribution >= 4 is 11.7 Å². The highest BCUT2D eigenvalue weighted by atomic mass is 16.2. The molecule has 2 heterocycles. The molecule has 1 aromatic carbocycles. The number of carbonyl (C=O) groups excluding carboxylic acids is 2. The number of piperidine rings is 1. The molecular formula is C23H30N2O2. The number of amides is 1. The van der Waals surface area contributed by atoms with E-state index in [1.54, 1.807) is 0 Å². The summed E-state index contributed by atoms with van der Waals surface area (Å²) in [6.07, 6.45) is 6.99. The number of hydrogen-bond acceptors (Lipinski definition) is 2. The normalized spacial score (nSPS) is 17.7. The summed E-state index contributed by atoms with van der Waals surface area (Å²) in [4.78, 5) is 27.4. The van der Waals surface area contributed by atoms with Crippen molar-refractivity contribution in [3.63, 3.8) is 0 Å². The molecule has 4 nitrogen and oxygen atoms in total. The summed E-state index contributed by atoms with van der Waals surface area (Å²) in [5.74, 6) is 0.290. The number of hydrogen-bond donors (Lipinski definition) is 0. The van der Waals surface area contributed by atoms with Crippen LogP contribution in [0.5, 0.6) is 0 Å². The molecule has 1 atom stereocenters. The fraction of sp³-hybridized carbons (Fsp3) is 0.478. The van der Waals surface area contributed by atoms with Crippen LogP contribution in [0.3, 0.4) is 0 Å². The summed E-state index contributed by atoms with van der Waals surface area (Å²) >= 11 is 0. The van der Waals surface area contributed by atoms with E-state index < -0.39 is 0 Å². The average Bonchev–Trinajstić information content (AvgIpc) is 3.17. The van der Waals surface area contributed by atoms with Gasteiger partial charge >= 0.3 is 0 Å². The van der Waals surface area contributed by atoms with E-state index in [0.717, 1.165) is 25.8 Å². The number of benzene rings is 1. The van der Waals surface area contributed by atoms with Crippen molar-refractivity contribution in [3.8, 4) is 0 Å². The van der Waals surface area contributed by atoms with Crippen molar-refractivity contribution in [2.75, 3.05) is 13.1 Å². The Labute approximate surface area is 162 Å². The Hall–Kier alpha value is -2.36. The highest BCUT2D eigenvalue weighted by Gasteiger charge is 2.29. The Morgan fingerprint density at radius 3 is 2.52 bits per heavy atom. The molecule has 0 bridgehead atoms. The Morgan fingerprint density at radius 2 is 1.85 bits per heavy atom. The van der Waals surface area contributed by atoms with Gasteiger partial charge in [-0.25, -0.2) is 0 Å². The summed E-state index contributed by atoms with van der Waals surface area (Å²) in [5.41, 5.74) is 1.86. The zero-order valence-electron chi connectivity index (χ0n) is 16.6. The Balaban J connectivity index is 1.59. The third kappa shape index (κ3) is 4.88. The van der Waals surface area contributed by atoms with Crippen LogP contribution < -0.4 is 0 Å². The molecule has 144 valence electrons. The number of aromatic nitrogens is 1. The molecule has 3 rings (SSSR count). The predicted molar refractivity (Wildman–Crippen MR) is 108 cm³/mol. The van der Waals surface area contributed by atoms with Gasteiger partial charge < -0.3 is 9.47 Å². The molecule has 1 fully saturated rings. The van der Waals surface area contributed by atoms with Crippen molar-refractivity contribution in [2.45, 2.75) is 52.0 Å². The molecule has 1 saturated heterocycles. The summed E-state index contributed by atoms with van der Waals surface area (Å²) in [7, 11) is 0. The van der Waals surface area contributed by atoms with Crippen molar-refractivity contribution in [1.82, 2.24) is 9.47 Å². The van der Waals surface area contributed by atoms with E-state index in [-0.39, 0.29) is 23.1 Å². The SMILES string of the molecule is CC(C)(C)n1ccc(C(=O)N2CCC[C@H](C(=O)CCc3ccccc3)C2)c1. The van der Waals surface area contributed by atoms with E-state index in [4.69, 9.17) is 0 Å². The molecule has 1 aromatic heterocycles. The molecule has 27 heavy (non-hydrogen) atoms. The quantitative estimate of drug-likeness (QED) is 0.792. The topological polar surface area (TPSA) is 42.3 Å². The highest BCUT2D eigenvalue weighted by molar-refractivity contribution is 5.94. The maximum absolute atomic E-state index is 12.9. The minimum absolute atomic E-state index is 0.0314. The fourth-order valence-corrected chi connectivity index (χ4v) is 3.66. The maximum Gasteiger partial charge on any atom is 0.255 e. The van der Waals surface area contributed by atoms with Gasteiger partial charge in [-0.1, -0.05) is 30.3 Å². The van der Waals surface area contributed by atoms with Gasteiger partial charge in [-0.2, -0.15) is 0 Å². The predicted octanol–water partition coefficient (Wildman–Crippen LogP) is 4.30. The Bertz CT molecular complexity index is 786. The summed E-state index contributed by atoms with van der Waals surface area (Å²) in [5, 5.41) is 0. The van der Waals surface area contributed by atoms with Gasteiger partial charge in [0.05, 0.1) is 5.56 Å². The summed E-state index contributed by atoms with van der Waals surface area (Å²) < 4.78 is 2.06. The summed E-state index contributed by atoms with van der Waals surface area (Å²) in [6, 6.07) is 12.0. The zero-order valence-corrected chi connectivity index (χ0v) is 16.6. The van der Waals surface area contributed by atoms with Crippen LogP contribution in [-0.2, 0) is 16.8 Å². The molecular weight excluding hydrogens is 336 g/mol. The maximum atomic E-state index is 12.9. The van der Waals surface area contributed by atoms with Crippen LogP contribution in [0.25, 0.3) is 0 Å². The van der Waals surface area contributed by atoms with Crippen LogP contribution in [0, 0.1) is 5.92 Å². The monoisotopic (exact) mass is 366 g/mol. The zero-order chi connectivity index (χ0) is 19.4. The van der Waals surface area contributed by atoms with E-state index in [2.05, 4.69) is 37.5 Å². The third-order valence-electron chi connectivity index (χ3n) is 5.38. The number of aryl methyl sites for hydroxylation is 1. The van der Waals surface area contributed by atoms with Crippen molar-refractivity contribution in [2.24, 2.45) is 5.92 Å². The largest absolute Gasteiger partial charge is 0.348 e. The number of carbonyl (C=O) groups is 2. The van der Waals surface area contributed by atoms with Gasteiger partial charge in [0.1, 0.15) is 5.78 Å². The minimum atomic E-state index is -0.0453. The summed E-state index contributed by atoms with van der Waals surface area (Å²) in [6.45, 7) is 7.63. The molecule has 0 aliphatic carbocycles. The third-order valence-corrected chi connectivity index (χ3v) is 5.38. The second-order valence-electron chi connectivity index (χ2n) is 8.52. The second kappa shape index (κ2) is 8.12. The number of ketones is 1. The van der Waals surface area contributed by atoms with Crippen molar-refractivity contribution in [3.05, 3.63) is 59.9 Å². The van der Waals surface area contributed by atoms with E-state index >= 15 is 0 Å². The van der Waals surface area contributed by atoms with Crippen LogP contribution >= 0.6 is 0 Å².